The molecule has 10 heavy (non-hydrogen) atoms. The molecule has 0 amide bonds. The van der Waals surface area contributed by atoms with Crippen molar-refractivity contribution in [3.05, 3.63) is 9.81 Å². The molecule has 0 fully saturated rings. The Bertz CT molecular complexity index is 196. The lowest BCUT2D eigenvalue weighted by molar-refractivity contribution is 1.50. The maximum absolute atomic E-state index is 8.38. The van der Waals surface area contributed by atoms with Gasteiger partial charge in [-0.3, -0.25) is 0 Å². The summed E-state index contributed by atoms with van der Waals surface area (Å²) >= 11 is 7.56. The number of thiol groups is 2. The third-order valence-corrected chi connectivity index (χ3v) is 2.77. The number of nitriles is 2. The van der Waals surface area contributed by atoms with Crippen LogP contribution in [-0.4, -0.2) is 0 Å². The molecular formula is C4H2N2S4. The molecule has 6 heteroatoms. The molecule has 0 unspecified atom stereocenters. The summed E-state index contributed by atoms with van der Waals surface area (Å²) in [5.74, 6) is 0. The van der Waals surface area contributed by atoms with Gasteiger partial charge in [0.1, 0.15) is 21.9 Å². The normalized spacial score (nSPS) is 11.2. The van der Waals surface area contributed by atoms with E-state index in [-0.39, 0.29) is 9.81 Å². The highest BCUT2D eigenvalue weighted by molar-refractivity contribution is 8.72. The summed E-state index contributed by atoms with van der Waals surface area (Å²) in [5, 5.41) is 16.8. The first-order valence-corrected chi connectivity index (χ1v) is 5.71. The van der Waals surface area contributed by atoms with Gasteiger partial charge in [0.15, 0.2) is 0 Å². The van der Waals surface area contributed by atoms with Crippen LogP contribution in [0.25, 0.3) is 0 Å². The highest BCUT2D eigenvalue weighted by Gasteiger charge is 2.03. The molecule has 0 aromatic carbocycles. The van der Waals surface area contributed by atoms with Crippen LogP contribution in [0.1, 0.15) is 0 Å². The van der Waals surface area contributed by atoms with Gasteiger partial charge < -0.3 is 0 Å². The van der Waals surface area contributed by atoms with Gasteiger partial charge in [0.25, 0.3) is 0 Å². The van der Waals surface area contributed by atoms with Crippen LogP contribution in [0.4, 0.5) is 0 Å². The molecule has 0 rings (SSSR count). The van der Waals surface area contributed by atoms with E-state index in [4.69, 9.17) is 10.5 Å². The Hall–Kier alpha value is 0.120. The zero-order valence-electron chi connectivity index (χ0n) is 4.61. The van der Waals surface area contributed by atoms with Gasteiger partial charge in [-0.15, -0.1) is 23.3 Å². The van der Waals surface area contributed by atoms with Crippen molar-refractivity contribution in [2.75, 3.05) is 0 Å². The average molecular weight is 206 g/mol. The zero-order chi connectivity index (χ0) is 7.98. The first-order chi connectivity index (χ1) is 4.79. The van der Waals surface area contributed by atoms with E-state index in [0.717, 1.165) is 21.6 Å². The lowest BCUT2D eigenvalue weighted by Gasteiger charge is -1.90. The largest absolute Gasteiger partial charge is 0.192 e. The van der Waals surface area contributed by atoms with Crippen LogP contribution >= 0.6 is 44.9 Å². The minimum atomic E-state index is 0.283. The molecule has 0 N–H and O–H groups in total. The highest BCUT2D eigenvalue weighted by atomic mass is 33.1. The maximum Gasteiger partial charge on any atom is 0.120 e. The van der Waals surface area contributed by atoms with E-state index in [1.54, 1.807) is 0 Å². The Morgan fingerprint density at radius 3 is 1.40 bits per heavy atom. The number of hydrogen-bond acceptors (Lipinski definition) is 6. The summed E-state index contributed by atoms with van der Waals surface area (Å²) in [6.07, 6.45) is 0. The van der Waals surface area contributed by atoms with Crippen molar-refractivity contribution in [1.82, 2.24) is 0 Å². The van der Waals surface area contributed by atoms with Gasteiger partial charge in [-0.25, -0.2) is 0 Å². The molecular weight excluding hydrogens is 204 g/mol. The van der Waals surface area contributed by atoms with E-state index in [1.807, 2.05) is 12.1 Å². The first-order valence-electron chi connectivity index (χ1n) is 1.97. The molecule has 0 saturated heterocycles. The quantitative estimate of drug-likeness (QED) is 0.414. The molecule has 0 aliphatic heterocycles. The summed E-state index contributed by atoms with van der Waals surface area (Å²) in [6.45, 7) is 0. The van der Waals surface area contributed by atoms with Crippen LogP contribution in [0.5, 0.6) is 0 Å². The number of nitrogens with zero attached hydrogens (tertiary/aromatic N) is 2. The maximum atomic E-state index is 8.38. The van der Waals surface area contributed by atoms with Crippen LogP contribution in [0.2, 0.25) is 0 Å². The minimum Gasteiger partial charge on any atom is -0.192 e. The number of rotatable bonds is 2. The molecule has 0 heterocycles. The highest BCUT2D eigenvalue weighted by Crippen LogP contribution is 2.30. The monoisotopic (exact) mass is 206 g/mol. The van der Waals surface area contributed by atoms with E-state index < -0.39 is 0 Å². The van der Waals surface area contributed by atoms with Crippen molar-refractivity contribution in [2.45, 2.75) is 0 Å². The van der Waals surface area contributed by atoms with Gasteiger partial charge in [0.05, 0.1) is 0 Å². The van der Waals surface area contributed by atoms with E-state index in [2.05, 4.69) is 23.3 Å². The Kier molecular flexibility index (Phi) is 5.94. The second-order valence-corrected chi connectivity index (χ2v) is 3.34. The van der Waals surface area contributed by atoms with Crippen LogP contribution < -0.4 is 0 Å². The van der Waals surface area contributed by atoms with E-state index >= 15 is 0 Å². The average Bonchev–Trinajstić information content (AvgIpc) is 2.00. The second kappa shape index (κ2) is 5.87. The van der Waals surface area contributed by atoms with E-state index in [1.165, 1.54) is 0 Å². The molecule has 52 valence electrons. The van der Waals surface area contributed by atoms with Gasteiger partial charge >= 0.3 is 0 Å². The van der Waals surface area contributed by atoms with Gasteiger partial charge in [-0.05, 0) is 21.6 Å². The molecule has 0 aliphatic carbocycles. The van der Waals surface area contributed by atoms with Crippen LogP contribution in [0, 0.1) is 22.7 Å². The van der Waals surface area contributed by atoms with Gasteiger partial charge in [-0.1, -0.05) is 0 Å². The predicted molar refractivity (Wildman–Crippen MR) is 51.4 cm³/mol. The molecule has 0 aliphatic rings. The van der Waals surface area contributed by atoms with Crippen molar-refractivity contribution >= 4 is 44.9 Å². The fraction of sp³-hybridized carbons (Fsp3) is 0. The lowest BCUT2D eigenvalue weighted by Crippen LogP contribution is -1.72. The Balaban J connectivity index is 4.62. The Morgan fingerprint density at radius 1 is 1.00 bits per heavy atom. The third kappa shape index (κ3) is 2.80. The fourth-order valence-corrected chi connectivity index (χ4v) is 1.98. The van der Waals surface area contributed by atoms with Gasteiger partial charge in [0.2, 0.25) is 0 Å². The molecule has 0 aromatic rings. The van der Waals surface area contributed by atoms with E-state index in [9.17, 15) is 0 Å². The summed E-state index contributed by atoms with van der Waals surface area (Å²) in [6, 6.07) is 3.66. The lowest BCUT2D eigenvalue weighted by atomic mass is 10.5. The number of hydrogen-bond donors (Lipinski definition) is 2. The van der Waals surface area contributed by atoms with E-state index in [0.29, 0.717) is 0 Å². The first kappa shape index (κ1) is 10.1. The second-order valence-electron chi connectivity index (χ2n) is 1.06. The Labute approximate surface area is 77.3 Å². The van der Waals surface area contributed by atoms with Crippen LogP contribution in [0.15, 0.2) is 9.81 Å². The van der Waals surface area contributed by atoms with Crippen LogP contribution in [0.3, 0.4) is 0 Å². The third-order valence-electron chi connectivity index (χ3n) is 0.592. The van der Waals surface area contributed by atoms with Crippen molar-refractivity contribution in [3.63, 3.8) is 0 Å². The SMILES string of the molecule is N#C/C(SS)=C(\C#N)SS. The molecule has 2 nitrogen and oxygen atoms in total. The van der Waals surface area contributed by atoms with Crippen molar-refractivity contribution in [1.29, 1.82) is 10.5 Å². The van der Waals surface area contributed by atoms with Gasteiger partial charge in [0, 0.05) is 0 Å². The zero-order valence-corrected chi connectivity index (χ0v) is 8.03. The molecule has 0 saturated carbocycles. The van der Waals surface area contributed by atoms with Crippen LogP contribution in [-0.2, 0) is 0 Å². The fourth-order valence-electron chi connectivity index (χ4n) is 0.225. The Morgan fingerprint density at radius 2 is 1.30 bits per heavy atom. The molecule has 0 bridgehead atoms. The molecule has 0 aromatic heterocycles. The molecule has 0 atom stereocenters. The number of allylic oxidation sites excluding steroid dienone is 2. The summed E-state index contributed by atoms with van der Waals surface area (Å²) in [7, 11) is 1.90. The molecule has 0 radical (unpaired) electrons. The van der Waals surface area contributed by atoms with Gasteiger partial charge in [-0.2, -0.15) is 10.5 Å². The minimum absolute atomic E-state index is 0.283. The topological polar surface area (TPSA) is 47.6 Å². The predicted octanol–water partition coefficient (Wildman–Crippen LogP) is 2.40. The van der Waals surface area contributed by atoms with Crippen molar-refractivity contribution < 1.29 is 0 Å². The standard InChI is InChI=1S/C4H2N2S4/c5-1-3(9-7)4(2-6)10-8/h7-8H/b4-3-. The molecule has 0 spiro atoms. The summed E-state index contributed by atoms with van der Waals surface area (Å²) in [5.41, 5.74) is 0. The smallest absolute Gasteiger partial charge is 0.120 e. The van der Waals surface area contributed by atoms with Crippen molar-refractivity contribution in [3.8, 4) is 12.1 Å². The summed E-state index contributed by atoms with van der Waals surface area (Å²) < 4.78 is 0. The van der Waals surface area contributed by atoms with Crippen molar-refractivity contribution in [2.24, 2.45) is 0 Å². The summed E-state index contributed by atoms with van der Waals surface area (Å²) in [4.78, 5) is 0.566.